The lowest BCUT2D eigenvalue weighted by Gasteiger charge is -2.27. The van der Waals surface area contributed by atoms with Crippen LogP contribution in [0.25, 0.3) is 0 Å². The SMILES string of the molecule is CN1CCC(C(=O)c2cccc(NS(=O)(=O)c3ccccc3Cl)n2)CC1. The molecule has 0 unspecified atom stereocenters. The van der Waals surface area contributed by atoms with Gasteiger partial charge in [-0.1, -0.05) is 29.8 Å². The minimum atomic E-state index is -3.88. The molecule has 8 heteroatoms. The second kappa shape index (κ2) is 7.73. The molecule has 1 aromatic heterocycles. The van der Waals surface area contributed by atoms with Crippen LogP contribution >= 0.6 is 11.6 Å². The van der Waals surface area contributed by atoms with Crippen molar-refractivity contribution in [1.82, 2.24) is 9.88 Å². The van der Waals surface area contributed by atoms with E-state index in [9.17, 15) is 13.2 Å². The Balaban J connectivity index is 1.79. The third kappa shape index (κ3) is 4.23. The number of nitrogens with zero attached hydrogens (tertiary/aromatic N) is 2. The monoisotopic (exact) mass is 393 g/mol. The van der Waals surface area contributed by atoms with Crippen molar-refractivity contribution in [2.75, 3.05) is 24.9 Å². The van der Waals surface area contributed by atoms with Gasteiger partial charge in [0.05, 0.1) is 5.02 Å². The third-order valence-corrected chi connectivity index (χ3v) is 6.31. The van der Waals surface area contributed by atoms with E-state index in [0.29, 0.717) is 0 Å². The molecule has 0 amide bonds. The summed E-state index contributed by atoms with van der Waals surface area (Å²) in [6.45, 7) is 1.74. The number of nitrogens with one attached hydrogen (secondary N) is 1. The van der Waals surface area contributed by atoms with E-state index in [1.54, 1.807) is 24.3 Å². The number of benzene rings is 1. The summed E-state index contributed by atoms with van der Waals surface area (Å²) in [5, 5.41) is 0.124. The molecule has 0 bridgehead atoms. The number of ketones is 1. The highest BCUT2D eigenvalue weighted by Crippen LogP contribution is 2.24. The fourth-order valence-corrected chi connectivity index (χ4v) is 4.49. The molecule has 0 atom stereocenters. The molecule has 2 aromatic rings. The van der Waals surface area contributed by atoms with Gasteiger partial charge in [0, 0.05) is 5.92 Å². The van der Waals surface area contributed by atoms with E-state index >= 15 is 0 Å². The predicted molar refractivity (Wildman–Crippen MR) is 101 cm³/mol. The van der Waals surface area contributed by atoms with Crippen molar-refractivity contribution in [3.05, 3.63) is 53.2 Å². The van der Waals surface area contributed by atoms with Crippen LogP contribution in [-0.4, -0.2) is 44.2 Å². The third-order valence-electron chi connectivity index (χ3n) is 4.46. The molecular weight excluding hydrogens is 374 g/mol. The van der Waals surface area contributed by atoms with Crippen LogP contribution in [0.2, 0.25) is 5.02 Å². The van der Waals surface area contributed by atoms with Crippen LogP contribution in [0, 0.1) is 5.92 Å². The van der Waals surface area contributed by atoms with E-state index in [0.717, 1.165) is 25.9 Å². The molecule has 1 aromatic carbocycles. The summed E-state index contributed by atoms with van der Waals surface area (Å²) in [6.07, 6.45) is 1.57. The number of pyridine rings is 1. The maximum atomic E-state index is 12.7. The molecule has 1 N–H and O–H groups in total. The fraction of sp³-hybridized carbons (Fsp3) is 0.333. The van der Waals surface area contributed by atoms with Crippen molar-refractivity contribution in [1.29, 1.82) is 0 Å². The highest BCUT2D eigenvalue weighted by Gasteiger charge is 2.26. The number of aromatic nitrogens is 1. The summed E-state index contributed by atoms with van der Waals surface area (Å²) in [6, 6.07) is 10.9. The van der Waals surface area contributed by atoms with Crippen LogP contribution in [-0.2, 0) is 10.0 Å². The van der Waals surface area contributed by atoms with Crippen molar-refractivity contribution in [2.45, 2.75) is 17.7 Å². The number of hydrogen-bond acceptors (Lipinski definition) is 5. The lowest BCUT2D eigenvalue weighted by Crippen LogP contribution is -2.33. The van der Waals surface area contributed by atoms with Gasteiger partial charge in [0.15, 0.2) is 5.78 Å². The molecule has 3 rings (SSSR count). The van der Waals surface area contributed by atoms with Gasteiger partial charge >= 0.3 is 0 Å². The van der Waals surface area contributed by atoms with Gasteiger partial charge in [0.2, 0.25) is 0 Å². The standard InChI is InChI=1S/C18H20ClN3O3S/c1-22-11-9-13(10-12-22)18(23)15-6-4-8-17(20-15)21-26(24,25)16-7-3-2-5-14(16)19/h2-8,13H,9-12H2,1H3,(H,20,21). The molecule has 1 fully saturated rings. The smallest absolute Gasteiger partial charge is 0.264 e. The maximum Gasteiger partial charge on any atom is 0.264 e. The summed E-state index contributed by atoms with van der Waals surface area (Å²) in [5.74, 6) is -0.0188. The number of halogens is 1. The van der Waals surface area contributed by atoms with E-state index in [4.69, 9.17) is 11.6 Å². The highest BCUT2D eigenvalue weighted by molar-refractivity contribution is 7.92. The molecule has 0 aliphatic carbocycles. The number of hydrogen-bond donors (Lipinski definition) is 1. The molecule has 0 spiro atoms. The Hall–Kier alpha value is -1.96. The normalized spacial score (nSPS) is 16.4. The van der Waals surface area contributed by atoms with Gasteiger partial charge < -0.3 is 4.90 Å². The minimum Gasteiger partial charge on any atom is -0.306 e. The molecule has 0 saturated carbocycles. The van der Waals surface area contributed by atoms with Crippen LogP contribution in [0.1, 0.15) is 23.3 Å². The topological polar surface area (TPSA) is 79.4 Å². The Morgan fingerprint density at radius 2 is 1.85 bits per heavy atom. The Labute approximate surface area is 158 Å². The zero-order chi connectivity index (χ0) is 18.7. The van der Waals surface area contributed by atoms with Gasteiger partial charge in [-0.25, -0.2) is 13.4 Å². The Kier molecular flexibility index (Phi) is 5.60. The average molecular weight is 394 g/mol. The van der Waals surface area contributed by atoms with Crippen LogP contribution in [0.4, 0.5) is 5.82 Å². The number of Topliss-reactive ketones (excluding diaryl/α,β-unsaturated/α-hetero) is 1. The summed E-state index contributed by atoms with van der Waals surface area (Å²) in [4.78, 5) is 19.0. The van der Waals surface area contributed by atoms with Gasteiger partial charge in [-0.15, -0.1) is 0 Å². The number of anilines is 1. The second-order valence-electron chi connectivity index (χ2n) is 6.39. The Morgan fingerprint density at radius 1 is 1.15 bits per heavy atom. The van der Waals surface area contributed by atoms with Gasteiger partial charge in [-0.3, -0.25) is 9.52 Å². The number of carbonyl (C=O) groups is 1. The van der Waals surface area contributed by atoms with Crippen molar-refractivity contribution >= 4 is 33.2 Å². The molecule has 138 valence electrons. The molecule has 6 nitrogen and oxygen atoms in total. The molecule has 1 aliphatic rings. The summed E-state index contributed by atoms with van der Waals surface area (Å²) in [5.41, 5.74) is 0.277. The van der Waals surface area contributed by atoms with Crippen LogP contribution in [0.15, 0.2) is 47.4 Å². The Bertz CT molecular complexity index is 909. The van der Waals surface area contributed by atoms with Gasteiger partial charge in [0.1, 0.15) is 16.4 Å². The molecule has 1 saturated heterocycles. The molecule has 26 heavy (non-hydrogen) atoms. The van der Waals surface area contributed by atoms with Crippen molar-refractivity contribution in [2.24, 2.45) is 5.92 Å². The first kappa shape index (κ1) is 18.8. The zero-order valence-electron chi connectivity index (χ0n) is 14.4. The largest absolute Gasteiger partial charge is 0.306 e. The Morgan fingerprint density at radius 3 is 2.54 bits per heavy atom. The molecule has 0 radical (unpaired) electrons. The van der Waals surface area contributed by atoms with Crippen LogP contribution in [0.5, 0.6) is 0 Å². The predicted octanol–water partition coefficient (Wildman–Crippen LogP) is 3.06. The van der Waals surface area contributed by atoms with Crippen molar-refractivity contribution in [3.63, 3.8) is 0 Å². The van der Waals surface area contributed by atoms with Crippen molar-refractivity contribution in [3.8, 4) is 0 Å². The number of carbonyl (C=O) groups excluding carboxylic acids is 1. The lowest BCUT2D eigenvalue weighted by molar-refractivity contribution is 0.0851. The number of sulfonamides is 1. The zero-order valence-corrected chi connectivity index (χ0v) is 15.9. The van der Waals surface area contributed by atoms with Gasteiger partial charge in [-0.2, -0.15) is 0 Å². The van der Waals surface area contributed by atoms with E-state index < -0.39 is 10.0 Å². The summed E-state index contributed by atoms with van der Waals surface area (Å²) in [7, 11) is -1.85. The minimum absolute atomic E-state index is 0.0319. The molecule has 1 aliphatic heterocycles. The quantitative estimate of drug-likeness (QED) is 0.790. The summed E-state index contributed by atoms with van der Waals surface area (Å²) < 4.78 is 27.4. The first-order valence-electron chi connectivity index (χ1n) is 8.34. The number of piperidine rings is 1. The number of likely N-dealkylation sites (tertiary alicyclic amines) is 1. The van der Waals surface area contributed by atoms with Crippen LogP contribution in [0.3, 0.4) is 0 Å². The fourth-order valence-electron chi connectivity index (χ4n) is 2.96. The number of rotatable bonds is 5. The van der Waals surface area contributed by atoms with E-state index in [2.05, 4.69) is 14.6 Å². The molecule has 2 heterocycles. The first-order chi connectivity index (χ1) is 12.4. The van der Waals surface area contributed by atoms with Crippen molar-refractivity contribution < 1.29 is 13.2 Å². The van der Waals surface area contributed by atoms with Gasteiger partial charge in [-0.05, 0) is 57.2 Å². The maximum absolute atomic E-state index is 12.7. The average Bonchev–Trinajstić information content (AvgIpc) is 2.62. The van der Waals surface area contributed by atoms with E-state index in [-0.39, 0.29) is 33.1 Å². The lowest BCUT2D eigenvalue weighted by atomic mass is 9.91. The molecular formula is C18H20ClN3O3S. The summed E-state index contributed by atoms with van der Waals surface area (Å²) >= 11 is 5.97. The first-order valence-corrected chi connectivity index (χ1v) is 10.2. The second-order valence-corrected chi connectivity index (χ2v) is 8.44. The van der Waals surface area contributed by atoms with E-state index in [1.165, 1.54) is 18.2 Å². The van der Waals surface area contributed by atoms with Crippen LogP contribution < -0.4 is 4.72 Å². The van der Waals surface area contributed by atoms with E-state index in [1.807, 2.05) is 7.05 Å². The highest BCUT2D eigenvalue weighted by atomic mass is 35.5. The van der Waals surface area contributed by atoms with Gasteiger partial charge in [0.25, 0.3) is 10.0 Å².